The summed E-state index contributed by atoms with van der Waals surface area (Å²) >= 11 is 1.51. The minimum absolute atomic E-state index is 0. The fourth-order valence-corrected chi connectivity index (χ4v) is 7.34. The number of halogens is 1. The van der Waals surface area contributed by atoms with Crippen LogP contribution in [0, 0.1) is 6.92 Å². The summed E-state index contributed by atoms with van der Waals surface area (Å²) < 4.78 is 33.8. The lowest BCUT2D eigenvalue weighted by atomic mass is 10.2. The molecule has 0 aliphatic carbocycles. The Bertz CT molecular complexity index is 1320. The lowest BCUT2D eigenvalue weighted by Gasteiger charge is -2.27. The molecule has 0 radical (unpaired) electrons. The normalized spacial score (nSPS) is 17.1. The van der Waals surface area contributed by atoms with Crippen molar-refractivity contribution < 1.29 is 17.9 Å². The topological polar surface area (TPSA) is 83.0 Å². The van der Waals surface area contributed by atoms with Crippen LogP contribution in [-0.4, -0.2) is 81.0 Å². The molecule has 2 aromatic carbocycles. The number of ether oxygens (including phenoxy) is 1. The quantitative estimate of drug-likeness (QED) is 0.408. The zero-order chi connectivity index (χ0) is 25.1. The summed E-state index contributed by atoms with van der Waals surface area (Å²) in [6.07, 6.45) is 2.58. The van der Waals surface area contributed by atoms with Gasteiger partial charge in [-0.25, -0.2) is 13.4 Å². The average molecular weight is 565 g/mol. The summed E-state index contributed by atoms with van der Waals surface area (Å²) in [6, 6.07) is 12.4. The van der Waals surface area contributed by atoms with Crippen LogP contribution in [0.1, 0.15) is 35.2 Å². The van der Waals surface area contributed by atoms with Crippen LogP contribution in [0.25, 0.3) is 10.2 Å². The van der Waals surface area contributed by atoms with Gasteiger partial charge in [0.1, 0.15) is 0 Å². The van der Waals surface area contributed by atoms with Crippen molar-refractivity contribution in [2.24, 2.45) is 0 Å². The highest BCUT2D eigenvalue weighted by Gasteiger charge is 2.28. The summed E-state index contributed by atoms with van der Waals surface area (Å²) in [4.78, 5) is 22.9. The number of nitrogens with zero attached hydrogens (tertiary/aromatic N) is 4. The molecule has 0 spiro atoms. The number of sulfonamides is 1. The Morgan fingerprint density at radius 2 is 1.76 bits per heavy atom. The minimum Gasteiger partial charge on any atom is -0.379 e. The van der Waals surface area contributed by atoms with Crippen LogP contribution in [0.15, 0.2) is 47.4 Å². The van der Waals surface area contributed by atoms with E-state index in [0.29, 0.717) is 30.3 Å². The molecular formula is C26H33ClN4O4S2. The molecule has 200 valence electrons. The fourth-order valence-electron chi connectivity index (χ4n) is 4.75. The Kier molecular flexibility index (Phi) is 9.20. The summed E-state index contributed by atoms with van der Waals surface area (Å²) in [7, 11) is -3.52. The average Bonchev–Trinajstić information content (AvgIpc) is 3.59. The molecule has 0 N–H and O–H groups in total. The van der Waals surface area contributed by atoms with E-state index in [4.69, 9.17) is 9.72 Å². The number of carbonyl (C=O) groups excluding carboxylic acids is 1. The number of aromatic nitrogens is 1. The van der Waals surface area contributed by atoms with Crippen LogP contribution in [0.4, 0.5) is 5.13 Å². The van der Waals surface area contributed by atoms with E-state index in [-0.39, 0.29) is 23.2 Å². The first-order valence-electron chi connectivity index (χ1n) is 12.5. The molecule has 2 aliphatic heterocycles. The van der Waals surface area contributed by atoms with Gasteiger partial charge in [-0.1, -0.05) is 23.5 Å². The molecule has 8 nitrogen and oxygen atoms in total. The highest BCUT2D eigenvalue weighted by molar-refractivity contribution is 7.89. The number of thiazole rings is 1. The molecule has 1 amide bonds. The van der Waals surface area contributed by atoms with Crippen LogP contribution >= 0.6 is 23.7 Å². The third kappa shape index (κ3) is 6.16. The van der Waals surface area contributed by atoms with E-state index in [0.717, 1.165) is 67.9 Å². The van der Waals surface area contributed by atoms with E-state index < -0.39 is 10.0 Å². The number of fused-ring (bicyclic) bond motifs is 1. The molecule has 2 aliphatic rings. The molecule has 2 saturated heterocycles. The highest BCUT2D eigenvalue weighted by Crippen LogP contribution is 2.32. The third-order valence-electron chi connectivity index (χ3n) is 6.85. The van der Waals surface area contributed by atoms with Gasteiger partial charge in [-0.2, -0.15) is 4.31 Å². The largest absolute Gasteiger partial charge is 0.379 e. The first-order valence-corrected chi connectivity index (χ1v) is 14.8. The van der Waals surface area contributed by atoms with Crippen LogP contribution < -0.4 is 4.90 Å². The maximum atomic E-state index is 13.7. The number of hydrogen-bond donors (Lipinski definition) is 0. The van der Waals surface area contributed by atoms with Crippen molar-refractivity contribution in [3.8, 4) is 0 Å². The molecule has 0 saturated carbocycles. The van der Waals surface area contributed by atoms with Crippen molar-refractivity contribution in [3.05, 3.63) is 53.6 Å². The van der Waals surface area contributed by atoms with Gasteiger partial charge in [0.25, 0.3) is 5.91 Å². The van der Waals surface area contributed by atoms with E-state index in [1.54, 1.807) is 29.2 Å². The first kappa shape index (κ1) is 27.9. The summed E-state index contributed by atoms with van der Waals surface area (Å²) in [5, 5.41) is 0.667. The molecule has 3 heterocycles. The van der Waals surface area contributed by atoms with Crippen LogP contribution in [0.5, 0.6) is 0 Å². The van der Waals surface area contributed by atoms with Crippen molar-refractivity contribution >= 4 is 55.0 Å². The zero-order valence-electron chi connectivity index (χ0n) is 21.0. The lowest BCUT2D eigenvalue weighted by Crippen LogP contribution is -2.39. The van der Waals surface area contributed by atoms with Gasteiger partial charge in [0, 0.05) is 44.8 Å². The second-order valence-electron chi connectivity index (χ2n) is 9.32. The maximum Gasteiger partial charge on any atom is 0.260 e. The van der Waals surface area contributed by atoms with Gasteiger partial charge in [0.2, 0.25) is 10.0 Å². The molecule has 0 atom stereocenters. The first-order chi connectivity index (χ1) is 17.4. The van der Waals surface area contributed by atoms with E-state index in [1.807, 2.05) is 25.1 Å². The minimum atomic E-state index is -3.52. The molecule has 2 fully saturated rings. The third-order valence-corrected chi connectivity index (χ3v) is 9.81. The van der Waals surface area contributed by atoms with Gasteiger partial charge < -0.3 is 4.74 Å². The Hall–Kier alpha value is -2.08. The second kappa shape index (κ2) is 12.2. The van der Waals surface area contributed by atoms with Crippen molar-refractivity contribution in [1.82, 2.24) is 14.2 Å². The Morgan fingerprint density at radius 1 is 1.05 bits per heavy atom. The predicted molar refractivity (Wildman–Crippen MR) is 150 cm³/mol. The van der Waals surface area contributed by atoms with Gasteiger partial charge in [0.15, 0.2) is 5.13 Å². The standard InChI is InChI=1S/C26H32N4O4S2.ClH/c1-20-6-4-7-23-24(20)27-26(35-23)30(15-5-12-28-16-18-34-19-17-28)25(31)21-8-10-22(11-9-21)36(32,33)29-13-2-3-14-29;/h4,6-11H,2-3,5,12-19H2,1H3;1H. The molecule has 0 unspecified atom stereocenters. The fraction of sp³-hybridized carbons (Fsp3) is 0.462. The summed E-state index contributed by atoms with van der Waals surface area (Å²) in [6.45, 7) is 7.83. The van der Waals surface area contributed by atoms with Crippen molar-refractivity contribution in [3.63, 3.8) is 0 Å². The van der Waals surface area contributed by atoms with Gasteiger partial charge in [-0.3, -0.25) is 14.6 Å². The molecule has 11 heteroatoms. The number of para-hydroxylation sites is 1. The van der Waals surface area contributed by atoms with Crippen LogP contribution in [-0.2, 0) is 14.8 Å². The van der Waals surface area contributed by atoms with Gasteiger partial charge in [-0.15, -0.1) is 12.4 Å². The number of morpholine rings is 1. The monoisotopic (exact) mass is 564 g/mol. The van der Waals surface area contributed by atoms with Gasteiger partial charge in [0.05, 0.1) is 28.3 Å². The number of benzene rings is 2. The molecule has 0 bridgehead atoms. The molecule has 5 rings (SSSR count). The van der Waals surface area contributed by atoms with E-state index in [2.05, 4.69) is 4.90 Å². The smallest absolute Gasteiger partial charge is 0.260 e. The molecule has 37 heavy (non-hydrogen) atoms. The highest BCUT2D eigenvalue weighted by atomic mass is 35.5. The van der Waals surface area contributed by atoms with E-state index in [1.165, 1.54) is 15.6 Å². The summed E-state index contributed by atoms with van der Waals surface area (Å²) in [5.41, 5.74) is 2.44. The van der Waals surface area contributed by atoms with Crippen LogP contribution in [0.2, 0.25) is 0 Å². The van der Waals surface area contributed by atoms with E-state index >= 15 is 0 Å². The van der Waals surface area contributed by atoms with Crippen molar-refractivity contribution in [1.29, 1.82) is 0 Å². The zero-order valence-corrected chi connectivity index (χ0v) is 23.4. The summed E-state index contributed by atoms with van der Waals surface area (Å²) in [5.74, 6) is -0.168. The Balaban J connectivity index is 0.00000320. The number of aryl methyl sites for hydroxylation is 1. The molecule has 1 aromatic heterocycles. The SMILES string of the molecule is Cc1cccc2sc(N(CCCN3CCOCC3)C(=O)c3ccc(S(=O)(=O)N4CCCC4)cc3)nc12.Cl. The van der Waals surface area contributed by atoms with Crippen LogP contribution in [0.3, 0.4) is 0 Å². The van der Waals surface area contributed by atoms with Crippen molar-refractivity contribution in [2.45, 2.75) is 31.1 Å². The Morgan fingerprint density at radius 3 is 2.43 bits per heavy atom. The van der Waals surface area contributed by atoms with Gasteiger partial charge in [-0.05, 0) is 62.1 Å². The maximum absolute atomic E-state index is 13.7. The second-order valence-corrected chi connectivity index (χ2v) is 12.3. The number of amides is 1. The number of carbonyl (C=O) groups is 1. The molecular weight excluding hydrogens is 532 g/mol. The van der Waals surface area contributed by atoms with Crippen molar-refractivity contribution in [2.75, 3.05) is 57.4 Å². The van der Waals surface area contributed by atoms with Gasteiger partial charge >= 0.3 is 0 Å². The predicted octanol–water partition coefficient (Wildman–Crippen LogP) is 4.18. The van der Waals surface area contributed by atoms with E-state index in [9.17, 15) is 13.2 Å². The number of anilines is 1. The molecule has 3 aromatic rings. The number of hydrogen-bond acceptors (Lipinski definition) is 7. The Labute approximate surface area is 228 Å². The lowest BCUT2D eigenvalue weighted by molar-refractivity contribution is 0.0376. The number of rotatable bonds is 8.